The average Bonchev–Trinajstić information content (AvgIpc) is 2.38. The molecule has 0 aromatic heterocycles. The lowest BCUT2D eigenvalue weighted by Crippen LogP contribution is -2.51. The van der Waals surface area contributed by atoms with Crippen molar-refractivity contribution in [3.05, 3.63) is 35.4 Å². The molecule has 0 radical (unpaired) electrons. The predicted molar refractivity (Wildman–Crippen MR) is 68.3 cm³/mol. The first-order valence-corrected chi connectivity index (χ1v) is 6.00. The lowest BCUT2D eigenvalue weighted by molar-refractivity contribution is 0.0708. The van der Waals surface area contributed by atoms with E-state index < -0.39 is 5.91 Å². The minimum absolute atomic E-state index is 0.000583. The maximum absolute atomic E-state index is 12.2. The van der Waals surface area contributed by atoms with E-state index in [4.69, 9.17) is 5.73 Å². The van der Waals surface area contributed by atoms with Gasteiger partial charge >= 0.3 is 0 Å². The van der Waals surface area contributed by atoms with Crippen LogP contribution in [0.15, 0.2) is 24.3 Å². The largest absolute Gasteiger partial charge is 0.366 e. The van der Waals surface area contributed by atoms with Crippen LogP contribution in [0, 0.1) is 0 Å². The zero-order valence-corrected chi connectivity index (χ0v) is 10.3. The van der Waals surface area contributed by atoms with Gasteiger partial charge in [0.15, 0.2) is 0 Å². The highest BCUT2D eigenvalue weighted by molar-refractivity contribution is 5.97. The highest BCUT2D eigenvalue weighted by Gasteiger charge is 2.21. The molecule has 1 heterocycles. The van der Waals surface area contributed by atoms with Gasteiger partial charge in [-0.2, -0.15) is 0 Å². The number of nitrogens with two attached hydrogens (primary N) is 1. The number of hydrogen-bond donors (Lipinski definition) is 2. The van der Waals surface area contributed by atoms with Gasteiger partial charge in [-0.05, 0) is 31.2 Å². The van der Waals surface area contributed by atoms with Gasteiger partial charge in [0.25, 0.3) is 5.91 Å². The smallest absolute Gasteiger partial charge is 0.253 e. The summed E-state index contributed by atoms with van der Waals surface area (Å²) in [4.78, 5) is 25.0. The molecule has 96 valence electrons. The maximum atomic E-state index is 12.2. The van der Waals surface area contributed by atoms with Crippen molar-refractivity contribution < 1.29 is 9.59 Å². The summed E-state index contributed by atoms with van der Waals surface area (Å²) in [7, 11) is 0. The molecule has 3 N–H and O–H groups in total. The summed E-state index contributed by atoms with van der Waals surface area (Å²) in [5, 5.41) is 3.29. The van der Waals surface area contributed by atoms with Crippen molar-refractivity contribution >= 4 is 11.8 Å². The van der Waals surface area contributed by atoms with E-state index in [9.17, 15) is 9.59 Å². The molecule has 0 aliphatic carbocycles. The Morgan fingerprint density at radius 2 is 1.89 bits per heavy atom. The third-order valence-electron chi connectivity index (χ3n) is 3.07. The quantitative estimate of drug-likeness (QED) is 0.785. The van der Waals surface area contributed by atoms with E-state index in [0.717, 1.165) is 6.54 Å². The lowest BCUT2D eigenvalue weighted by atomic mass is 10.1. The molecule has 1 aliphatic heterocycles. The molecule has 1 atom stereocenters. The maximum Gasteiger partial charge on any atom is 0.253 e. The van der Waals surface area contributed by atoms with Gasteiger partial charge < -0.3 is 16.0 Å². The lowest BCUT2D eigenvalue weighted by Gasteiger charge is -2.32. The Morgan fingerprint density at radius 1 is 1.28 bits per heavy atom. The Balaban J connectivity index is 2.10. The van der Waals surface area contributed by atoms with Crippen molar-refractivity contribution in [3.63, 3.8) is 0 Å². The van der Waals surface area contributed by atoms with Gasteiger partial charge in [-0.15, -0.1) is 0 Å². The monoisotopic (exact) mass is 247 g/mol. The second kappa shape index (κ2) is 5.18. The molecule has 2 rings (SSSR count). The SMILES string of the molecule is CC1CN(C(=O)c2ccc(C(N)=O)cc2)CCN1. The van der Waals surface area contributed by atoms with E-state index in [0.29, 0.717) is 30.3 Å². The fraction of sp³-hybridized carbons (Fsp3) is 0.385. The minimum Gasteiger partial charge on any atom is -0.366 e. The highest BCUT2D eigenvalue weighted by atomic mass is 16.2. The number of carbonyl (C=O) groups excluding carboxylic acids is 2. The number of hydrogen-bond acceptors (Lipinski definition) is 3. The van der Waals surface area contributed by atoms with E-state index in [1.165, 1.54) is 0 Å². The summed E-state index contributed by atoms with van der Waals surface area (Å²) in [6, 6.07) is 6.78. The molecular weight excluding hydrogens is 230 g/mol. The van der Waals surface area contributed by atoms with Crippen LogP contribution in [0.4, 0.5) is 0 Å². The molecule has 1 fully saturated rings. The molecule has 2 amide bonds. The zero-order chi connectivity index (χ0) is 13.1. The number of piperazine rings is 1. The summed E-state index contributed by atoms with van der Waals surface area (Å²) in [6.07, 6.45) is 0. The van der Waals surface area contributed by atoms with E-state index in [2.05, 4.69) is 12.2 Å². The van der Waals surface area contributed by atoms with Crippen LogP contribution in [0.25, 0.3) is 0 Å². The van der Waals surface area contributed by atoms with Gasteiger partial charge in [0, 0.05) is 36.8 Å². The van der Waals surface area contributed by atoms with Gasteiger partial charge in [0.2, 0.25) is 5.91 Å². The minimum atomic E-state index is -0.482. The van der Waals surface area contributed by atoms with Crippen LogP contribution in [0.3, 0.4) is 0 Å². The third-order valence-corrected chi connectivity index (χ3v) is 3.07. The molecular formula is C13H17N3O2. The molecule has 1 aliphatic rings. The summed E-state index contributed by atoms with van der Waals surface area (Å²) in [5.41, 5.74) is 6.17. The second-order valence-corrected chi connectivity index (χ2v) is 4.55. The van der Waals surface area contributed by atoms with E-state index >= 15 is 0 Å². The van der Waals surface area contributed by atoms with Crippen LogP contribution in [0.5, 0.6) is 0 Å². The van der Waals surface area contributed by atoms with Crippen LogP contribution >= 0.6 is 0 Å². The van der Waals surface area contributed by atoms with Crippen LogP contribution < -0.4 is 11.1 Å². The van der Waals surface area contributed by atoms with Crippen LogP contribution in [0.2, 0.25) is 0 Å². The normalized spacial score (nSPS) is 19.6. The van der Waals surface area contributed by atoms with Crippen molar-refractivity contribution in [2.24, 2.45) is 5.73 Å². The molecule has 0 bridgehead atoms. The summed E-state index contributed by atoms with van der Waals surface area (Å²) in [5.74, 6) is -0.482. The Hall–Kier alpha value is -1.88. The summed E-state index contributed by atoms with van der Waals surface area (Å²) in [6.45, 7) is 4.28. The predicted octanol–water partition coefficient (Wildman–Crippen LogP) is 0.219. The molecule has 18 heavy (non-hydrogen) atoms. The number of amides is 2. The molecule has 5 nitrogen and oxygen atoms in total. The average molecular weight is 247 g/mol. The van der Waals surface area contributed by atoms with Crippen molar-refractivity contribution in [2.75, 3.05) is 19.6 Å². The Kier molecular flexibility index (Phi) is 3.62. The number of rotatable bonds is 2. The first-order chi connectivity index (χ1) is 8.58. The third kappa shape index (κ3) is 2.68. The Bertz CT molecular complexity index is 456. The van der Waals surface area contributed by atoms with Crippen LogP contribution in [-0.4, -0.2) is 42.4 Å². The molecule has 1 aromatic rings. The Morgan fingerprint density at radius 3 is 2.44 bits per heavy atom. The van der Waals surface area contributed by atoms with Crippen LogP contribution in [-0.2, 0) is 0 Å². The van der Waals surface area contributed by atoms with Gasteiger partial charge in [0.1, 0.15) is 0 Å². The number of nitrogens with one attached hydrogen (secondary N) is 1. The van der Waals surface area contributed by atoms with E-state index in [-0.39, 0.29) is 5.91 Å². The van der Waals surface area contributed by atoms with Crippen molar-refractivity contribution in [2.45, 2.75) is 13.0 Å². The van der Waals surface area contributed by atoms with Gasteiger partial charge in [-0.1, -0.05) is 0 Å². The number of nitrogens with zero attached hydrogens (tertiary/aromatic N) is 1. The number of primary amides is 1. The summed E-state index contributed by atoms with van der Waals surface area (Å²) >= 11 is 0. The molecule has 1 aromatic carbocycles. The van der Waals surface area contributed by atoms with Gasteiger partial charge in [0.05, 0.1) is 0 Å². The molecule has 0 saturated carbocycles. The van der Waals surface area contributed by atoms with Crippen molar-refractivity contribution in [1.82, 2.24) is 10.2 Å². The fourth-order valence-electron chi connectivity index (χ4n) is 2.08. The molecule has 1 saturated heterocycles. The van der Waals surface area contributed by atoms with E-state index in [1.807, 2.05) is 4.90 Å². The standard InChI is InChI=1S/C13H17N3O2/c1-9-8-16(7-6-15-9)13(18)11-4-2-10(3-5-11)12(14)17/h2-5,9,15H,6-8H2,1H3,(H2,14,17). The second-order valence-electron chi connectivity index (χ2n) is 4.55. The molecule has 1 unspecified atom stereocenters. The first kappa shape index (κ1) is 12.6. The fourth-order valence-corrected chi connectivity index (χ4v) is 2.08. The van der Waals surface area contributed by atoms with Gasteiger partial charge in [-0.25, -0.2) is 0 Å². The van der Waals surface area contributed by atoms with Crippen molar-refractivity contribution in [1.29, 1.82) is 0 Å². The van der Waals surface area contributed by atoms with Crippen LogP contribution in [0.1, 0.15) is 27.6 Å². The Labute approximate surface area is 106 Å². The molecule has 5 heteroatoms. The highest BCUT2D eigenvalue weighted by Crippen LogP contribution is 2.09. The number of carbonyl (C=O) groups is 2. The van der Waals surface area contributed by atoms with Gasteiger partial charge in [-0.3, -0.25) is 9.59 Å². The van der Waals surface area contributed by atoms with E-state index in [1.54, 1.807) is 24.3 Å². The number of benzene rings is 1. The topological polar surface area (TPSA) is 75.4 Å². The summed E-state index contributed by atoms with van der Waals surface area (Å²) < 4.78 is 0. The molecule has 0 spiro atoms. The first-order valence-electron chi connectivity index (χ1n) is 6.00. The van der Waals surface area contributed by atoms with Crippen molar-refractivity contribution in [3.8, 4) is 0 Å². The zero-order valence-electron chi connectivity index (χ0n) is 10.3.